The van der Waals surface area contributed by atoms with Gasteiger partial charge in [-0.25, -0.2) is 0 Å². The normalized spacial score (nSPS) is 10.6. The van der Waals surface area contributed by atoms with Crippen molar-refractivity contribution in [1.82, 2.24) is 14.8 Å². The molecule has 1 amide bonds. The molecule has 3 aromatic rings. The molecule has 5 nitrogen and oxygen atoms in total. The van der Waals surface area contributed by atoms with Crippen LogP contribution in [0.2, 0.25) is 0 Å². The van der Waals surface area contributed by atoms with Crippen LogP contribution < -0.4 is 5.32 Å². The van der Waals surface area contributed by atoms with Crippen LogP contribution in [-0.2, 0) is 11.3 Å². The highest BCUT2D eigenvalue weighted by Gasteiger charge is 2.13. The largest absolute Gasteiger partial charge is 0.325 e. The summed E-state index contributed by atoms with van der Waals surface area (Å²) in [7, 11) is 0. The summed E-state index contributed by atoms with van der Waals surface area (Å²) in [6.07, 6.45) is 0. The summed E-state index contributed by atoms with van der Waals surface area (Å²) in [5.41, 5.74) is 0.762. The third-order valence-electron chi connectivity index (χ3n) is 2.93. The van der Waals surface area contributed by atoms with Crippen LogP contribution in [0.25, 0.3) is 10.7 Å². The highest BCUT2D eigenvalue weighted by molar-refractivity contribution is 14.1. The summed E-state index contributed by atoms with van der Waals surface area (Å²) in [6.45, 7) is 0.120. The lowest BCUT2D eigenvalue weighted by atomic mass is 10.3. The summed E-state index contributed by atoms with van der Waals surface area (Å²) >= 11 is 8.99. The highest BCUT2D eigenvalue weighted by atomic mass is 127. The molecule has 0 aliphatic carbocycles. The molecular formula is C14H11IN4OS2. The third-order valence-corrected chi connectivity index (χ3v) is 4.83. The van der Waals surface area contributed by atoms with Crippen LogP contribution in [0.1, 0.15) is 0 Å². The van der Waals surface area contributed by atoms with E-state index in [0.717, 1.165) is 14.1 Å². The highest BCUT2D eigenvalue weighted by Crippen LogP contribution is 2.22. The predicted molar refractivity (Wildman–Crippen MR) is 98.5 cm³/mol. The van der Waals surface area contributed by atoms with Gasteiger partial charge in [0, 0.05) is 9.26 Å². The number of benzene rings is 1. The van der Waals surface area contributed by atoms with Gasteiger partial charge in [-0.2, -0.15) is 5.10 Å². The molecule has 0 bridgehead atoms. The standard InChI is InChI=1S/C14H11IN4OS2/c15-9-3-5-10(6-4-9)16-12(20)8-19-13(17-18-14(19)21)11-2-1-7-22-11/h1-7H,8H2,(H,16,20)(H,18,21). The minimum atomic E-state index is -0.142. The Bertz CT molecular complexity index is 837. The Balaban J connectivity index is 1.78. The third kappa shape index (κ3) is 3.45. The zero-order valence-corrected chi connectivity index (χ0v) is 15.0. The van der Waals surface area contributed by atoms with Crippen LogP contribution >= 0.6 is 46.1 Å². The number of carbonyl (C=O) groups is 1. The van der Waals surface area contributed by atoms with Gasteiger partial charge in [0.2, 0.25) is 5.91 Å². The summed E-state index contributed by atoms with van der Waals surface area (Å²) < 4.78 is 3.25. The van der Waals surface area contributed by atoms with E-state index in [1.807, 2.05) is 41.8 Å². The lowest BCUT2D eigenvalue weighted by molar-refractivity contribution is -0.116. The summed E-state index contributed by atoms with van der Waals surface area (Å²) in [6, 6.07) is 11.5. The predicted octanol–water partition coefficient (Wildman–Crippen LogP) is 3.91. The molecule has 0 aliphatic heterocycles. The van der Waals surface area contributed by atoms with Gasteiger partial charge in [-0.3, -0.25) is 14.5 Å². The molecule has 0 radical (unpaired) electrons. The number of aromatic nitrogens is 3. The number of H-pyrrole nitrogens is 1. The van der Waals surface area contributed by atoms with Gasteiger partial charge in [-0.15, -0.1) is 11.3 Å². The smallest absolute Gasteiger partial charge is 0.244 e. The maximum atomic E-state index is 12.2. The maximum Gasteiger partial charge on any atom is 0.244 e. The van der Waals surface area contributed by atoms with Crippen LogP contribution in [0.4, 0.5) is 5.69 Å². The number of halogens is 1. The second-order valence-electron chi connectivity index (χ2n) is 4.47. The molecule has 0 atom stereocenters. The van der Waals surface area contributed by atoms with Crippen molar-refractivity contribution < 1.29 is 4.79 Å². The fourth-order valence-corrected chi connectivity index (χ4v) is 3.21. The molecule has 0 saturated heterocycles. The van der Waals surface area contributed by atoms with Gasteiger partial charge in [0.05, 0.1) is 4.88 Å². The molecular weight excluding hydrogens is 431 g/mol. The molecule has 8 heteroatoms. The number of hydrogen-bond donors (Lipinski definition) is 2. The minimum Gasteiger partial charge on any atom is -0.325 e. The number of nitrogens with zero attached hydrogens (tertiary/aromatic N) is 2. The number of hydrogen-bond acceptors (Lipinski definition) is 4. The first-order valence-electron chi connectivity index (χ1n) is 6.38. The first-order chi connectivity index (χ1) is 10.6. The SMILES string of the molecule is O=C(Cn1c(-c2cccs2)n[nH]c1=S)Nc1ccc(I)cc1. The van der Waals surface area contributed by atoms with E-state index in [-0.39, 0.29) is 12.5 Å². The second-order valence-corrected chi connectivity index (χ2v) is 7.05. The average Bonchev–Trinajstić information content (AvgIpc) is 3.12. The Morgan fingerprint density at radius 3 is 2.82 bits per heavy atom. The molecule has 3 rings (SSSR count). The number of amides is 1. The van der Waals surface area contributed by atoms with Crippen molar-refractivity contribution >= 4 is 57.7 Å². The molecule has 22 heavy (non-hydrogen) atoms. The van der Waals surface area contributed by atoms with E-state index in [1.54, 1.807) is 15.9 Å². The van der Waals surface area contributed by atoms with Crippen molar-refractivity contribution in [3.8, 4) is 10.7 Å². The monoisotopic (exact) mass is 442 g/mol. The van der Waals surface area contributed by atoms with Crippen molar-refractivity contribution in [3.63, 3.8) is 0 Å². The zero-order chi connectivity index (χ0) is 15.5. The molecule has 2 heterocycles. The molecule has 2 aromatic heterocycles. The quantitative estimate of drug-likeness (QED) is 0.476. The Kier molecular flexibility index (Phi) is 4.69. The van der Waals surface area contributed by atoms with E-state index in [1.165, 1.54) is 0 Å². The lowest BCUT2D eigenvalue weighted by Gasteiger charge is -2.07. The summed E-state index contributed by atoms with van der Waals surface area (Å²) in [5, 5.41) is 11.8. The van der Waals surface area contributed by atoms with Crippen molar-refractivity contribution in [1.29, 1.82) is 0 Å². The molecule has 1 aromatic carbocycles. The van der Waals surface area contributed by atoms with Gasteiger partial charge in [-0.05, 0) is 70.5 Å². The van der Waals surface area contributed by atoms with Gasteiger partial charge < -0.3 is 5.32 Å². The number of thiophene rings is 1. The molecule has 2 N–H and O–H groups in total. The molecule has 0 spiro atoms. The number of anilines is 1. The van der Waals surface area contributed by atoms with Crippen molar-refractivity contribution in [2.24, 2.45) is 0 Å². The number of carbonyl (C=O) groups excluding carboxylic acids is 1. The molecule has 112 valence electrons. The van der Waals surface area contributed by atoms with Gasteiger partial charge in [-0.1, -0.05) is 6.07 Å². The van der Waals surface area contributed by atoms with Gasteiger partial charge in [0.1, 0.15) is 6.54 Å². The second kappa shape index (κ2) is 6.71. The van der Waals surface area contributed by atoms with E-state index >= 15 is 0 Å². The molecule has 0 fully saturated rings. The maximum absolute atomic E-state index is 12.2. The van der Waals surface area contributed by atoms with Crippen molar-refractivity contribution in [3.05, 3.63) is 50.1 Å². The van der Waals surface area contributed by atoms with E-state index < -0.39 is 0 Å². The van der Waals surface area contributed by atoms with Crippen LogP contribution in [0.5, 0.6) is 0 Å². The van der Waals surface area contributed by atoms with E-state index in [2.05, 4.69) is 38.1 Å². The van der Waals surface area contributed by atoms with E-state index in [9.17, 15) is 4.79 Å². The van der Waals surface area contributed by atoms with Gasteiger partial charge in [0.15, 0.2) is 10.6 Å². The Labute approximate surface area is 149 Å². The van der Waals surface area contributed by atoms with Crippen LogP contribution in [0.3, 0.4) is 0 Å². The number of rotatable bonds is 4. The van der Waals surface area contributed by atoms with Crippen LogP contribution in [-0.4, -0.2) is 20.7 Å². The first-order valence-corrected chi connectivity index (χ1v) is 8.74. The topological polar surface area (TPSA) is 62.7 Å². The number of nitrogens with one attached hydrogen (secondary N) is 2. The van der Waals surface area contributed by atoms with E-state index in [0.29, 0.717) is 10.6 Å². The Morgan fingerprint density at radius 1 is 1.36 bits per heavy atom. The molecule has 0 saturated carbocycles. The van der Waals surface area contributed by atoms with Crippen LogP contribution in [0.15, 0.2) is 41.8 Å². The number of aromatic amines is 1. The fourth-order valence-electron chi connectivity index (χ4n) is 1.94. The lowest BCUT2D eigenvalue weighted by Crippen LogP contribution is -2.19. The molecule has 0 aliphatic rings. The fraction of sp³-hybridized carbons (Fsp3) is 0.0714. The summed E-state index contributed by atoms with van der Waals surface area (Å²) in [5.74, 6) is 0.536. The minimum absolute atomic E-state index is 0.120. The summed E-state index contributed by atoms with van der Waals surface area (Å²) in [4.78, 5) is 13.2. The average molecular weight is 442 g/mol. The molecule has 0 unspecified atom stereocenters. The Morgan fingerprint density at radius 2 is 2.14 bits per heavy atom. The Hall–Kier alpha value is -1.52. The zero-order valence-electron chi connectivity index (χ0n) is 11.2. The van der Waals surface area contributed by atoms with Gasteiger partial charge >= 0.3 is 0 Å². The van der Waals surface area contributed by atoms with Crippen molar-refractivity contribution in [2.45, 2.75) is 6.54 Å². The van der Waals surface area contributed by atoms with E-state index in [4.69, 9.17) is 12.2 Å². The van der Waals surface area contributed by atoms with Crippen LogP contribution in [0, 0.1) is 8.34 Å². The first kappa shape index (κ1) is 15.4. The van der Waals surface area contributed by atoms with Crippen molar-refractivity contribution in [2.75, 3.05) is 5.32 Å². The van der Waals surface area contributed by atoms with Gasteiger partial charge in [0.25, 0.3) is 0 Å².